The predicted octanol–water partition coefficient (Wildman–Crippen LogP) is 3.02. The van der Waals surface area contributed by atoms with Crippen molar-refractivity contribution in [3.8, 4) is 0 Å². The van der Waals surface area contributed by atoms with E-state index >= 15 is 0 Å². The topological polar surface area (TPSA) is 84.7 Å². The molecule has 0 aliphatic rings. The minimum absolute atomic E-state index is 0.172. The summed E-state index contributed by atoms with van der Waals surface area (Å²) in [7, 11) is 1.51. The molecule has 0 radical (unpaired) electrons. The van der Waals surface area contributed by atoms with Crippen LogP contribution in [0.15, 0.2) is 28.8 Å². The number of hydrogen-bond donors (Lipinski definition) is 1. The number of methoxy groups -OCH3 is 1. The predicted molar refractivity (Wildman–Crippen MR) is 94.1 cm³/mol. The maximum absolute atomic E-state index is 12.7. The van der Waals surface area contributed by atoms with Gasteiger partial charge < -0.3 is 19.5 Å². The third-order valence-corrected chi connectivity index (χ3v) is 3.99. The number of carbonyl (C=O) groups is 2. The Morgan fingerprint density at radius 1 is 1.28 bits per heavy atom. The van der Waals surface area contributed by atoms with Crippen LogP contribution in [0.5, 0.6) is 0 Å². The molecule has 0 unspecified atom stereocenters. The number of amides is 2. The minimum Gasteiger partial charge on any atom is -0.383 e. The van der Waals surface area contributed by atoms with Crippen molar-refractivity contribution in [2.75, 3.05) is 32.1 Å². The third-order valence-electron chi connectivity index (χ3n) is 3.25. The van der Waals surface area contributed by atoms with E-state index in [9.17, 15) is 9.59 Å². The molecule has 134 valence electrons. The van der Waals surface area contributed by atoms with Crippen molar-refractivity contribution in [3.63, 3.8) is 0 Å². The first-order chi connectivity index (χ1) is 11.9. The first-order valence-corrected chi connectivity index (χ1v) is 8.12. The smallest absolute Gasteiger partial charge is 0.254 e. The van der Waals surface area contributed by atoms with E-state index in [0.29, 0.717) is 16.3 Å². The van der Waals surface area contributed by atoms with E-state index in [1.54, 1.807) is 19.1 Å². The van der Waals surface area contributed by atoms with Crippen molar-refractivity contribution in [1.82, 2.24) is 10.1 Å². The molecule has 0 saturated heterocycles. The maximum Gasteiger partial charge on any atom is 0.254 e. The Morgan fingerprint density at radius 2 is 2.04 bits per heavy atom. The van der Waals surface area contributed by atoms with Crippen LogP contribution in [0.25, 0.3) is 0 Å². The molecule has 0 fully saturated rings. The molecule has 0 aliphatic heterocycles. The molecular formula is C16H17Cl2N3O4. The number of anilines is 1. The van der Waals surface area contributed by atoms with Gasteiger partial charge in [-0.15, -0.1) is 0 Å². The van der Waals surface area contributed by atoms with Crippen LogP contribution in [-0.2, 0) is 9.53 Å². The van der Waals surface area contributed by atoms with Crippen LogP contribution in [0.3, 0.4) is 0 Å². The number of nitrogens with zero attached hydrogens (tertiary/aromatic N) is 2. The number of benzene rings is 1. The molecule has 2 amide bonds. The number of aromatic nitrogens is 1. The highest BCUT2D eigenvalue weighted by atomic mass is 35.5. The lowest BCUT2D eigenvalue weighted by Gasteiger charge is -2.22. The Kier molecular flexibility index (Phi) is 6.81. The Labute approximate surface area is 154 Å². The lowest BCUT2D eigenvalue weighted by atomic mass is 10.2. The summed E-state index contributed by atoms with van der Waals surface area (Å²) in [6, 6.07) is 6.13. The Balaban J connectivity index is 2.09. The van der Waals surface area contributed by atoms with E-state index in [2.05, 4.69) is 10.5 Å². The van der Waals surface area contributed by atoms with Crippen LogP contribution < -0.4 is 5.32 Å². The minimum atomic E-state index is -0.405. The Hall–Kier alpha value is -2.09. The molecule has 1 N–H and O–H groups in total. The van der Waals surface area contributed by atoms with Gasteiger partial charge in [0, 0.05) is 25.3 Å². The van der Waals surface area contributed by atoms with Crippen LogP contribution in [0.1, 0.15) is 16.1 Å². The quantitative estimate of drug-likeness (QED) is 0.791. The van der Waals surface area contributed by atoms with Crippen molar-refractivity contribution in [1.29, 1.82) is 0 Å². The van der Waals surface area contributed by atoms with Crippen LogP contribution in [0, 0.1) is 6.92 Å². The summed E-state index contributed by atoms with van der Waals surface area (Å²) in [5.74, 6) is 0.0921. The molecule has 25 heavy (non-hydrogen) atoms. The highest BCUT2D eigenvalue weighted by Crippen LogP contribution is 2.23. The van der Waals surface area contributed by atoms with Gasteiger partial charge in [0.15, 0.2) is 5.82 Å². The first-order valence-electron chi connectivity index (χ1n) is 7.37. The second-order valence-corrected chi connectivity index (χ2v) is 6.03. The standard InChI is InChI=1S/C16H17Cl2N3O4/c1-10-7-14(20-25-10)19-15(22)9-21(5-6-24-2)16(23)11-3-4-12(17)13(18)8-11/h3-4,7-8H,5-6,9H2,1-2H3,(H,19,20,22). The van der Waals surface area contributed by atoms with Gasteiger partial charge in [-0.05, 0) is 25.1 Å². The van der Waals surface area contributed by atoms with Crippen molar-refractivity contribution in [2.45, 2.75) is 6.92 Å². The molecule has 0 atom stereocenters. The highest BCUT2D eigenvalue weighted by Gasteiger charge is 2.20. The molecule has 7 nitrogen and oxygen atoms in total. The zero-order valence-corrected chi connectivity index (χ0v) is 15.2. The molecule has 2 rings (SSSR count). The number of carbonyl (C=O) groups excluding carboxylic acids is 2. The summed E-state index contributed by atoms with van der Waals surface area (Å²) >= 11 is 11.8. The van der Waals surface area contributed by atoms with E-state index in [0.717, 1.165) is 0 Å². The summed E-state index contributed by atoms with van der Waals surface area (Å²) in [4.78, 5) is 26.2. The summed E-state index contributed by atoms with van der Waals surface area (Å²) < 4.78 is 9.89. The number of hydrogen-bond acceptors (Lipinski definition) is 5. The largest absolute Gasteiger partial charge is 0.383 e. The maximum atomic E-state index is 12.7. The average Bonchev–Trinajstić information content (AvgIpc) is 2.98. The van der Waals surface area contributed by atoms with Gasteiger partial charge >= 0.3 is 0 Å². The lowest BCUT2D eigenvalue weighted by molar-refractivity contribution is -0.117. The summed E-state index contributed by atoms with van der Waals surface area (Å²) in [6.45, 7) is 2.06. The fourth-order valence-electron chi connectivity index (χ4n) is 2.05. The van der Waals surface area contributed by atoms with Crippen LogP contribution >= 0.6 is 23.2 Å². The van der Waals surface area contributed by atoms with Crippen molar-refractivity contribution < 1.29 is 18.8 Å². The van der Waals surface area contributed by atoms with Gasteiger partial charge in [-0.25, -0.2) is 0 Å². The highest BCUT2D eigenvalue weighted by molar-refractivity contribution is 6.42. The molecule has 1 aromatic carbocycles. The number of rotatable bonds is 7. The second-order valence-electron chi connectivity index (χ2n) is 5.22. The van der Waals surface area contributed by atoms with Crippen molar-refractivity contribution >= 4 is 40.8 Å². The van der Waals surface area contributed by atoms with E-state index < -0.39 is 5.91 Å². The third kappa shape index (κ3) is 5.45. The summed E-state index contributed by atoms with van der Waals surface area (Å²) in [5, 5.41) is 6.87. The van der Waals surface area contributed by atoms with Crippen LogP contribution in [0.2, 0.25) is 10.0 Å². The zero-order valence-electron chi connectivity index (χ0n) is 13.7. The number of halogens is 2. The molecule has 1 heterocycles. The van der Waals surface area contributed by atoms with E-state index in [1.807, 2.05) is 0 Å². The fourth-order valence-corrected chi connectivity index (χ4v) is 2.34. The molecule has 0 saturated carbocycles. The molecule has 0 spiro atoms. The molecule has 0 bridgehead atoms. The molecule has 9 heteroatoms. The number of nitrogens with one attached hydrogen (secondary N) is 1. The second kappa shape index (κ2) is 8.84. The lowest BCUT2D eigenvalue weighted by Crippen LogP contribution is -2.40. The van der Waals surface area contributed by atoms with Gasteiger partial charge in [-0.1, -0.05) is 28.4 Å². The van der Waals surface area contributed by atoms with Gasteiger partial charge in [0.25, 0.3) is 5.91 Å². The number of ether oxygens (including phenoxy) is 1. The zero-order chi connectivity index (χ0) is 18.4. The summed E-state index contributed by atoms with van der Waals surface area (Å²) in [6.07, 6.45) is 0. The summed E-state index contributed by atoms with van der Waals surface area (Å²) in [5.41, 5.74) is 0.329. The Bertz CT molecular complexity index is 764. The number of aryl methyl sites for hydroxylation is 1. The van der Waals surface area contributed by atoms with Gasteiger partial charge in [-0.3, -0.25) is 9.59 Å². The van der Waals surface area contributed by atoms with Crippen molar-refractivity contribution in [3.05, 3.63) is 45.6 Å². The van der Waals surface area contributed by atoms with Crippen molar-refractivity contribution in [2.24, 2.45) is 0 Å². The van der Waals surface area contributed by atoms with E-state index in [1.165, 1.54) is 24.1 Å². The van der Waals surface area contributed by atoms with Crippen LogP contribution in [0.4, 0.5) is 5.82 Å². The first kappa shape index (κ1) is 19.2. The van der Waals surface area contributed by atoms with E-state index in [-0.39, 0.29) is 36.4 Å². The molecule has 1 aromatic heterocycles. The Morgan fingerprint density at radius 3 is 2.64 bits per heavy atom. The molecule has 2 aromatic rings. The fraction of sp³-hybridized carbons (Fsp3) is 0.312. The van der Waals surface area contributed by atoms with Gasteiger partial charge in [-0.2, -0.15) is 0 Å². The average molecular weight is 386 g/mol. The van der Waals surface area contributed by atoms with Gasteiger partial charge in [0.1, 0.15) is 12.3 Å². The normalized spacial score (nSPS) is 10.6. The van der Waals surface area contributed by atoms with E-state index in [4.69, 9.17) is 32.5 Å². The molecule has 0 aliphatic carbocycles. The van der Waals surface area contributed by atoms with Gasteiger partial charge in [0.2, 0.25) is 5.91 Å². The molecular weight excluding hydrogens is 369 g/mol. The monoisotopic (exact) mass is 385 g/mol. The SMILES string of the molecule is COCCN(CC(=O)Nc1cc(C)on1)C(=O)c1ccc(Cl)c(Cl)c1. The van der Waals surface area contributed by atoms with Crippen LogP contribution in [-0.4, -0.2) is 48.7 Å². The van der Waals surface area contributed by atoms with Gasteiger partial charge in [0.05, 0.1) is 16.7 Å².